The second-order valence-electron chi connectivity index (χ2n) is 6.70. The molecule has 1 unspecified atom stereocenters. The van der Waals surface area contributed by atoms with E-state index in [2.05, 4.69) is 10.2 Å². The Bertz CT molecular complexity index is 1190. The summed E-state index contributed by atoms with van der Waals surface area (Å²) in [5.41, 5.74) is 2.93. The van der Waals surface area contributed by atoms with Gasteiger partial charge in [0.25, 0.3) is 0 Å². The number of H-pyrrole nitrogens is 1. The molecule has 30 heavy (non-hydrogen) atoms. The number of imidazole rings is 1. The molecule has 0 saturated heterocycles. The molecule has 0 spiro atoms. The van der Waals surface area contributed by atoms with Crippen molar-refractivity contribution < 1.29 is 14.6 Å². The summed E-state index contributed by atoms with van der Waals surface area (Å²) in [6.07, 6.45) is 6.83. The summed E-state index contributed by atoms with van der Waals surface area (Å²) >= 11 is 0. The van der Waals surface area contributed by atoms with Gasteiger partial charge in [-0.3, -0.25) is 14.2 Å². The fraction of sp³-hybridized carbons (Fsp3) is 0.182. The second kappa shape index (κ2) is 8.30. The quantitative estimate of drug-likeness (QED) is 0.492. The molecule has 4 aromatic rings. The molecule has 2 aromatic heterocycles. The van der Waals surface area contributed by atoms with Gasteiger partial charge < -0.3 is 14.6 Å². The van der Waals surface area contributed by atoms with Crippen molar-refractivity contribution in [1.29, 1.82) is 0 Å². The molecule has 2 N–H and O–H groups in total. The van der Waals surface area contributed by atoms with Crippen molar-refractivity contribution in [2.75, 3.05) is 20.8 Å². The number of methoxy groups -OCH3 is 2. The summed E-state index contributed by atoms with van der Waals surface area (Å²) in [4.78, 5) is 13.1. The van der Waals surface area contributed by atoms with Gasteiger partial charge in [0.05, 0.1) is 38.8 Å². The fourth-order valence-corrected chi connectivity index (χ4v) is 3.49. The van der Waals surface area contributed by atoms with E-state index in [0.29, 0.717) is 17.2 Å². The highest BCUT2D eigenvalue weighted by Gasteiger charge is 2.18. The van der Waals surface area contributed by atoms with Gasteiger partial charge in [-0.1, -0.05) is 12.1 Å². The third-order valence-electron chi connectivity index (χ3n) is 5.06. The lowest BCUT2D eigenvalue weighted by Gasteiger charge is -2.16. The van der Waals surface area contributed by atoms with Crippen LogP contribution in [0, 0.1) is 0 Å². The molecular formula is C22H22N4O4. The van der Waals surface area contributed by atoms with Crippen molar-refractivity contribution in [2.45, 2.75) is 6.04 Å². The molecule has 0 radical (unpaired) electrons. The zero-order valence-electron chi connectivity index (χ0n) is 16.6. The summed E-state index contributed by atoms with van der Waals surface area (Å²) in [5, 5.41) is 16.7. The number of nitrogens with one attached hydrogen (secondary N) is 1. The molecule has 1 atom stereocenters. The minimum absolute atomic E-state index is 0.222. The van der Waals surface area contributed by atoms with E-state index in [1.165, 1.54) is 9.13 Å². The largest absolute Gasteiger partial charge is 0.497 e. The zero-order chi connectivity index (χ0) is 21.1. The number of hydrogen-bond donors (Lipinski definition) is 2. The van der Waals surface area contributed by atoms with Gasteiger partial charge in [-0.05, 0) is 29.8 Å². The smallest absolute Gasteiger partial charge is 0.333 e. The predicted octanol–water partition coefficient (Wildman–Crippen LogP) is 2.63. The molecule has 2 heterocycles. The van der Waals surface area contributed by atoms with E-state index >= 15 is 0 Å². The van der Waals surface area contributed by atoms with Gasteiger partial charge in [-0.15, -0.1) is 0 Å². The predicted molar refractivity (Wildman–Crippen MR) is 112 cm³/mol. The number of aliphatic hydroxyl groups excluding tert-OH is 1. The van der Waals surface area contributed by atoms with Crippen molar-refractivity contribution >= 4 is 0 Å². The summed E-state index contributed by atoms with van der Waals surface area (Å²) in [7, 11) is 3.16. The lowest BCUT2D eigenvalue weighted by molar-refractivity contribution is 0.246. The topological polar surface area (TPSA) is 94.3 Å². The first-order chi connectivity index (χ1) is 14.7. The van der Waals surface area contributed by atoms with E-state index in [-0.39, 0.29) is 12.3 Å². The molecular weight excluding hydrogens is 384 g/mol. The van der Waals surface area contributed by atoms with Gasteiger partial charge in [-0.2, -0.15) is 5.10 Å². The number of aliphatic hydroxyl groups is 1. The van der Waals surface area contributed by atoms with Crippen LogP contribution in [0.25, 0.3) is 16.8 Å². The summed E-state index contributed by atoms with van der Waals surface area (Å²) in [6, 6.07) is 12.3. The lowest BCUT2D eigenvalue weighted by atomic mass is 10.1. The van der Waals surface area contributed by atoms with Crippen molar-refractivity contribution in [3.05, 3.63) is 83.3 Å². The zero-order valence-corrected chi connectivity index (χ0v) is 16.6. The number of benzene rings is 2. The first-order valence-electron chi connectivity index (χ1n) is 9.38. The number of aromatic nitrogens is 4. The normalized spacial score (nSPS) is 12.0. The van der Waals surface area contributed by atoms with Gasteiger partial charge in [0.15, 0.2) is 0 Å². The van der Waals surface area contributed by atoms with Crippen LogP contribution >= 0.6 is 0 Å². The Morgan fingerprint density at radius 3 is 2.70 bits per heavy atom. The third-order valence-corrected chi connectivity index (χ3v) is 5.06. The van der Waals surface area contributed by atoms with E-state index in [1.54, 1.807) is 45.1 Å². The molecule has 4 rings (SSSR count). The molecule has 154 valence electrons. The van der Waals surface area contributed by atoms with E-state index in [4.69, 9.17) is 9.47 Å². The van der Waals surface area contributed by atoms with Crippen LogP contribution in [0.1, 0.15) is 11.6 Å². The van der Waals surface area contributed by atoms with Crippen molar-refractivity contribution in [2.24, 2.45) is 0 Å². The number of nitrogens with zero attached hydrogens (tertiary/aromatic N) is 3. The maximum absolute atomic E-state index is 13.1. The molecule has 8 heteroatoms. The average molecular weight is 406 g/mol. The van der Waals surface area contributed by atoms with Crippen molar-refractivity contribution in [3.8, 4) is 28.3 Å². The highest BCUT2D eigenvalue weighted by molar-refractivity contribution is 5.71. The molecule has 0 aliphatic rings. The van der Waals surface area contributed by atoms with Crippen LogP contribution in [-0.4, -0.2) is 45.3 Å². The average Bonchev–Trinajstić information content (AvgIpc) is 3.45. The fourth-order valence-electron chi connectivity index (χ4n) is 3.49. The van der Waals surface area contributed by atoms with E-state index < -0.39 is 6.04 Å². The van der Waals surface area contributed by atoms with Crippen molar-refractivity contribution in [3.63, 3.8) is 0 Å². The van der Waals surface area contributed by atoms with Crippen LogP contribution in [0.4, 0.5) is 0 Å². The highest BCUT2D eigenvalue weighted by Crippen LogP contribution is 2.31. The summed E-state index contributed by atoms with van der Waals surface area (Å²) < 4.78 is 13.8. The Morgan fingerprint density at radius 1 is 1.13 bits per heavy atom. The number of ether oxygens (including phenoxy) is 2. The molecule has 0 fully saturated rings. The van der Waals surface area contributed by atoms with E-state index in [1.807, 2.05) is 36.4 Å². The highest BCUT2D eigenvalue weighted by atomic mass is 16.5. The number of aromatic amines is 1. The van der Waals surface area contributed by atoms with Gasteiger partial charge in [-0.25, -0.2) is 4.79 Å². The Morgan fingerprint density at radius 2 is 2.00 bits per heavy atom. The van der Waals surface area contributed by atoms with E-state index in [0.717, 1.165) is 16.7 Å². The monoisotopic (exact) mass is 406 g/mol. The maximum atomic E-state index is 13.1. The SMILES string of the molecule is COc1cccc(C(CO)n2ccn(-c3ccc(-c4cn[nH]c4)c(OC)c3)c2=O)c1. The van der Waals surface area contributed by atoms with Crippen LogP contribution in [-0.2, 0) is 0 Å². The first-order valence-corrected chi connectivity index (χ1v) is 9.38. The van der Waals surface area contributed by atoms with Crippen LogP contribution in [0.5, 0.6) is 11.5 Å². The Hall–Kier alpha value is -3.78. The summed E-state index contributed by atoms with van der Waals surface area (Å²) in [6.45, 7) is -0.222. The Kier molecular flexibility index (Phi) is 5.40. The van der Waals surface area contributed by atoms with Gasteiger partial charge >= 0.3 is 5.69 Å². The van der Waals surface area contributed by atoms with Gasteiger partial charge in [0.1, 0.15) is 11.5 Å². The first kappa shape index (κ1) is 19.5. The minimum atomic E-state index is -0.527. The van der Waals surface area contributed by atoms with Crippen LogP contribution in [0.2, 0.25) is 0 Å². The Balaban J connectivity index is 1.73. The molecule has 0 aliphatic heterocycles. The van der Waals surface area contributed by atoms with Crippen LogP contribution < -0.4 is 15.2 Å². The van der Waals surface area contributed by atoms with Gasteiger partial charge in [0.2, 0.25) is 0 Å². The maximum Gasteiger partial charge on any atom is 0.333 e. The van der Waals surface area contributed by atoms with Crippen molar-refractivity contribution in [1.82, 2.24) is 19.3 Å². The molecule has 0 aliphatic carbocycles. The molecule has 0 bridgehead atoms. The Labute approximate surface area is 172 Å². The molecule has 8 nitrogen and oxygen atoms in total. The lowest BCUT2D eigenvalue weighted by Crippen LogP contribution is -2.28. The molecule has 0 saturated carbocycles. The summed E-state index contributed by atoms with van der Waals surface area (Å²) in [5.74, 6) is 1.29. The number of hydrogen-bond acceptors (Lipinski definition) is 5. The van der Waals surface area contributed by atoms with Crippen LogP contribution in [0.3, 0.4) is 0 Å². The minimum Gasteiger partial charge on any atom is -0.497 e. The number of rotatable bonds is 7. The van der Waals surface area contributed by atoms with Gasteiger partial charge in [0, 0.05) is 35.8 Å². The van der Waals surface area contributed by atoms with E-state index in [9.17, 15) is 9.90 Å². The standard InChI is InChI=1S/C22H22N4O4/c1-29-18-5-3-4-15(10-18)20(14-27)26-9-8-25(22(26)28)17-6-7-19(21(11-17)30-2)16-12-23-24-13-16/h3-13,20,27H,14H2,1-2H3,(H,23,24). The second-order valence-corrected chi connectivity index (χ2v) is 6.70. The van der Waals surface area contributed by atoms with Crippen LogP contribution in [0.15, 0.2) is 72.0 Å². The molecule has 0 amide bonds. The third kappa shape index (κ3) is 3.48. The molecule has 2 aromatic carbocycles.